The molecule has 0 aromatic rings. The highest BCUT2D eigenvalue weighted by Gasteiger charge is 2.36. The van der Waals surface area contributed by atoms with Crippen molar-refractivity contribution < 1.29 is 24.3 Å². The van der Waals surface area contributed by atoms with Crippen LogP contribution in [0.4, 0.5) is 0 Å². The third-order valence-electron chi connectivity index (χ3n) is 5.11. The number of piperidine rings is 1. The number of carbonyl (C=O) groups is 1. The topological polar surface area (TPSA) is 89.7 Å². The lowest BCUT2D eigenvalue weighted by molar-refractivity contribution is -0.918. The summed E-state index contributed by atoms with van der Waals surface area (Å²) in [5.41, 5.74) is 0. The first-order valence-electron chi connectivity index (χ1n) is 7.75. The summed E-state index contributed by atoms with van der Waals surface area (Å²) in [6.07, 6.45) is 4.72. The Kier molecular flexibility index (Phi) is 5.03. The molecule has 1 saturated heterocycles. The van der Waals surface area contributed by atoms with E-state index in [0.29, 0.717) is 5.92 Å². The second-order valence-electron chi connectivity index (χ2n) is 6.83. The van der Waals surface area contributed by atoms with Gasteiger partial charge in [-0.3, -0.25) is 4.79 Å². The van der Waals surface area contributed by atoms with Crippen molar-refractivity contribution in [3.05, 3.63) is 10.1 Å². The Morgan fingerprint density at radius 1 is 1.24 bits per heavy atom. The number of rotatable bonds is 5. The molecule has 21 heavy (non-hydrogen) atoms. The van der Waals surface area contributed by atoms with E-state index in [9.17, 15) is 14.9 Å². The summed E-state index contributed by atoms with van der Waals surface area (Å²) in [5.74, 6) is -0.276. The van der Waals surface area contributed by atoms with Gasteiger partial charge in [-0.15, -0.1) is 10.1 Å². The van der Waals surface area contributed by atoms with Crippen LogP contribution in [0.3, 0.4) is 0 Å². The van der Waals surface area contributed by atoms with Gasteiger partial charge in [-0.2, -0.15) is 0 Å². The maximum atomic E-state index is 11.0. The van der Waals surface area contributed by atoms with E-state index in [-0.39, 0.29) is 12.0 Å². The normalized spacial score (nSPS) is 36.9. The molecule has 0 bridgehead atoms. The fraction of sp³-hybridized carbons (Fsp3) is 0.929. The molecule has 0 spiro atoms. The van der Waals surface area contributed by atoms with E-state index in [0.717, 1.165) is 62.6 Å². The summed E-state index contributed by atoms with van der Waals surface area (Å²) in [7, 11) is 2.21. The first-order chi connectivity index (χ1) is 9.88. The first kappa shape index (κ1) is 16.0. The van der Waals surface area contributed by atoms with Crippen LogP contribution < -0.4 is 0 Å². The highest BCUT2D eigenvalue weighted by atomic mass is 17.0. The molecule has 1 saturated carbocycles. The van der Waals surface area contributed by atoms with E-state index in [1.807, 2.05) is 0 Å². The number of carboxylic acids is 1. The molecule has 120 valence electrons. The molecule has 2 aliphatic rings. The molecule has 7 nitrogen and oxygen atoms in total. The van der Waals surface area contributed by atoms with Gasteiger partial charge in [-0.05, 0) is 25.7 Å². The van der Waals surface area contributed by atoms with Gasteiger partial charge in [-0.1, -0.05) is 0 Å². The Morgan fingerprint density at radius 3 is 2.29 bits per heavy atom. The fourth-order valence-corrected chi connectivity index (χ4v) is 3.79. The second-order valence-corrected chi connectivity index (χ2v) is 6.83. The smallest absolute Gasteiger partial charge is 0.306 e. The molecule has 0 aromatic heterocycles. The van der Waals surface area contributed by atoms with Gasteiger partial charge in [0, 0.05) is 18.8 Å². The van der Waals surface area contributed by atoms with Crippen LogP contribution >= 0.6 is 0 Å². The summed E-state index contributed by atoms with van der Waals surface area (Å²) in [6.45, 7) is 2.89. The Morgan fingerprint density at radius 2 is 1.81 bits per heavy atom. The molecular formula is C14H25N2O5+. The number of hydrogen-bond acceptors (Lipinski definition) is 4. The predicted octanol–water partition coefficient (Wildman–Crippen LogP) is 1.69. The number of quaternary nitrogens is 1. The zero-order chi connectivity index (χ0) is 15.5. The van der Waals surface area contributed by atoms with E-state index in [4.69, 9.17) is 5.11 Å². The Hall–Kier alpha value is -1.37. The minimum atomic E-state index is -0.685. The van der Waals surface area contributed by atoms with Crippen molar-refractivity contribution in [2.45, 2.75) is 44.6 Å². The van der Waals surface area contributed by atoms with Crippen LogP contribution in [0.2, 0.25) is 0 Å². The monoisotopic (exact) mass is 301 g/mol. The number of aliphatic carboxylic acids is 1. The van der Waals surface area contributed by atoms with E-state index in [1.54, 1.807) is 0 Å². The molecule has 2 fully saturated rings. The minimum absolute atomic E-state index is 0.180. The van der Waals surface area contributed by atoms with Crippen molar-refractivity contribution in [3.63, 3.8) is 0 Å². The largest absolute Gasteiger partial charge is 0.481 e. The number of carboxylic acid groups (broad SMARTS) is 1. The standard InChI is InChI=1S/C14H24N2O5/c1-16(8-6-12(7-9-16)14(17)18)10-11-2-4-13(5-3-11)21-15(19)20/h11-13H,2-10H2,1H3/p+1. The van der Waals surface area contributed by atoms with Gasteiger partial charge >= 0.3 is 5.97 Å². The zero-order valence-corrected chi connectivity index (χ0v) is 12.6. The van der Waals surface area contributed by atoms with E-state index < -0.39 is 11.1 Å². The Bertz CT molecular complexity index is 385. The van der Waals surface area contributed by atoms with Crippen molar-refractivity contribution in [1.29, 1.82) is 0 Å². The predicted molar refractivity (Wildman–Crippen MR) is 75.0 cm³/mol. The van der Waals surface area contributed by atoms with Gasteiger partial charge in [0.25, 0.3) is 5.09 Å². The van der Waals surface area contributed by atoms with E-state index in [1.165, 1.54) is 0 Å². The van der Waals surface area contributed by atoms with Crippen LogP contribution in [0.15, 0.2) is 0 Å². The van der Waals surface area contributed by atoms with Crippen LogP contribution in [0.25, 0.3) is 0 Å². The molecule has 7 heteroatoms. The van der Waals surface area contributed by atoms with Crippen molar-refractivity contribution in [1.82, 2.24) is 0 Å². The fourth-order valence-electron chi connectivity index (χ4n) is 3.79. The van der Waals surface area contributed by atoms with Crippen LogP contribution in [0.5, 0.6) is 0 Å². The zero-order valence-electron chi connectivity index (χ0n) is 12.6. The van der Waals surface area contributed by atoms with Gasteiger partial charge in [-0.25, -0.2) is 0 Å². The molecule has 1 aliphatic carbocycles. The maximum Gasteiger partial charge on any atom is 0.306 e. The molecule has 1 heterocycles. The van der Waals surface area contributed by atoms with Crippen LogP contribution in [0.1, 0.15) is 38.5 Å². The van der Waals surface area contributed by atoms with Crippen molar-refractivity contribution in [2.75, 3.05) is 26.7 Å². The van der Waals surface area contributed by atoms with E-state index in [2.05, 4.69) is 11.9 Å². The summed E-state index contributed by atoms with van der Waals surface area (Å²) < 4.78 is 0.940. The van der Waals surface area contributed by atoms with Gasteiger partial charge in [0.2, 0.25) is 0 Å². The molecule has 0 amide bonds. The lowest BCUT2D eigenvalue weighted by atomic mass is 9.85. The minimum Gasteiger partial charge on any atom is -0.481 e. The van der Waals surface area contributed by atoms with Crippen molar-refractivity contribution in [2.24, 2.45) is 11.8 Å². The summed E-state index contributed by atoms with van der Waals surface area (Å²) in [5, 5.41) is 18.7. The SMILES string of the molecule is C[N+]1(CC2CCC(O[N+](=O)[O-])CC2)CCC(C(=O)O)CC1. The molecule has 2 rings (SSSR count). The summed E-state index contributed by atoms with van der Waals surface area (Å²) in [6, 6.07) is 0. The number of hydrogen-bond donors (Lipinski definition) is 1. The lowest BCUT2D eigenvalue weighted by Crippen LogP contribution is -2.53. The summed E-state index contributed by atoms with van der Waals surface area (Å²) >= 11 is 0. The highest BCUT2D eigenvalue weighted by Crippen LogP contribution is 2.31. The van der Waals surface area contributed by atoms with Crippen LogP contribution in [-0.2, 0) is 9.63 Å². The third kappa shape index (κ3) is 4.56. The number of likely N-dealkylation sites (tertiary alicyclic amines) is 1. The second kappa shape index (κ2) is 6.60. The van der Waals surface area contributed by atoms with Gasteiger partial charge < -0.3 is 14.4 Å². The van der Waals surface area contributed by atoms with Gasteiger partial charge in [0.05, 0.1) is 32.6 Å². The quantitative estimate of drug-likeness (QED) is 0.474. The Labute approximate surface area is 124 Å². The van der Waals surface area contributed by atoms with Crippen molar-refractivity contribution >= 4 is 5.97 Å². The third-order valence-corrected chi connectivity index (χ3v) is 5.11. The average molecular weight is 301 g/mol. The Balaban J connectivity index is 1.75. The molecule has 0 atom stereocenters. The first-order valence-corrected chi connectivity index (χ1v) is 7.75. The molecule has 1 aliphatic heterocycles. The molecular weight excluding hydrogens is 276 g/mol. The lowest BCUT2D eigenvalue weighted by Gasteiger charge is -2.42. The average Bonchev–Trinajstić information content (AvgIpc) is 2.40. The summed E-state index contributed by atoms with van der Waals surface area (Å²) in [4.78, 5) is 26.0. The molecule has 0 unspecified atom stereocenters. The van der Waals surface area contributed by atoms with Crippen molar-refractivity contribution in [3.8, 4) is 0 Å². The molecule has 1 N–H and O–H groups in total. The van der Waals surface area contributed by atoms with Crippen LogP contribution in [0, 0.1) is 22.0 Å². The highest BCUT2D eigenvalue weighted by molar-refractivity contribution is 5.69. The maximum absolute atomic E-state index is 11.0. The van der Waals surface area contributed by atoms with Gasteiger partial charge in [0.15, 0.2) is 0 Å². The van der Waals surface area contributed by atoms with Crippen LogP contribution in [-0.4, -0.2) is 53.4 Å². The molecule has 0 aromatic carbocycles. The van der Waals surface area contributed by atoms with E-state index >= 15 is 0 Å². The van der Waals surface area contributed by atoms with Gasteiger partial charge in [0.1, 0.15) is 6.10 Å². The number of nitrogens with zero attached hydrogens (tertiary/aromatic N) is 2. The molecule has 0 radical (unpaired) electrons.